The summed E-state index contributed by atoms with van der Waals surface area (Å²) >= 11 is 0. The van der Waals surface area contributed by atoms with E-state index in [1.165, 1.54) is 24.6 Å². The van der Waals surface area contributed by atoms with Crippen molar-refractivity contribution < 1.29 is 31.5 Å². The summed E-state index contributed by atoms with van der Waals surface area (Å²) in [6, 6.07) is -0.584. The maximum Gasteiger partial charge on any atom is 0.351 e. The molecule has 0 bridgehead atoms. The number of hydrogen-bond acceptors (Lipinski definition) is 5. The van der Waals surface area contributed by atoms with Crippen LogP contribution in [0.5, 0.6) is 0 Å². The van der Waals surface area contributed by atoms with Gasteiger partial charge < -0.3 is 10.9 Å². The van der Waals surface area contributed by atoms with Crippen LogP contribution in [-0.2, 0) is 26.7 Å². The molecule has 2 aliphatic rings. The minimum absolute atomic E-state index is 0. The topological polar surface area (TPSA) is 99.3 Å². The molecule has 7 nitrogen and oxygen atoms in total. The summed E-state index contributed by atoms with van der Waals surface area (Å²) in [5.41, 5.74) is 10.4. The van der Waals surface area contributed by atoms with E-state index in [-0.39, 0.29) is 28.6 Å². The molecule has 2 rings (SSSR count). The van der Waals surface area contributed by atoms with Crippen LogP contribution in [0, 0.1) is 0 Å². The largest absolute Gasteiger partial charge is 0.351 e. The van der Waals surface area contributed by atoms with E-state index in [0.717, 1.165) is 0 Å². The molecule has 0 saturated heterocycles. The second-order valence-electron chi connectivity index (χ2n) is 4.23. The Kier molecular flexibility index (Phi) is 7.32. The van der Waals surface area contributed by atoms with E-state index in [2.05, 4.69) is 21.7 Å². The molecule has 0 spiro atoms. The second kappa shape index (κ2) is 9.24. The fourth-order valence-corrected chi connectivity index (χ4v) is 1.59. The number of nitrogens with one attached hydrogen (secondary N) is 4. The first-order chi connectivity index (χ1) is 10.7. The van der Waals surface area contributed by atoms with Crippen LogP contribution in [0.15, 0.2) is 72.2 Å². The number of urea groups is 1. The third-order valence-electron chi connectivity index (χ3n) is 2.66. The summed E-state index contributed by atoms with van der Waals surface area (Å²) in [6.07, 6.45) is 15.5. The van der Waals surface area contributed by atoms with Crippen molar-refractivity contribution >= 4 is 17.6 Å². The predicted molar refractivity (Wildman–Crippen MR) is 80.7 cm³/mol. The Labute approximate surface area is 143 Å². The van der Waals surface area contributed by atoms with Crippen molar-refractivity contribution in [1.82, 2.24) is 21.7 Å². The molecule has 8 heteroatoms. The van der Waals surface area contributed by atoms with E-state index >= 15 is 0 Å². The van der Waals surface area contributed by atoms with Crippen molar-refractivity contribution in [3.05, 3.63) is 72.2 Å². The first-order valence-corrected chi connectivity index (χ1v) is 6.42. The van der Waals surface area contributed by atoms with Gasteiger partial charge in [0, 0.05) is 40.6 Å². The van der Waals surface area contributed by atoms with Gasteiger partial charge in [-0.15, -0.1) is 0 Å². The summed E-state index contributed by atoms with van der Waals surface area (Å²) in [7, 11) is 0. The van der Waals surface area contributed by atoms with Crippen LogP contribution in [0.25, 0.3) is 0 Å². The van der Waals surface area contributed by atoms with E-state index in [1.807, 2.05) is 0 Å². The number of rotatable bonds is 4. The minimum Gasteiger partial charge on any atom is -0.304 e. The van der Waals surface area contributed by atoms with Gasteiger partial charge in [0.25, 0.3) is 0 Å². The Bertz CT molecular complexity index is 616. The first kappa shape index (κ1) is 18.2. The molecule has 123 valence electrons. The van der Waals surface area contributed by atoms with Gasteiger partial charge >= 0.3 is 6.03 Å². The molecule has 0 aromatic rings. The monoisotopic (exact) mass is 361 g/mol. The zero-order valence-electron chi connectivity index (χ0n) is 11.8. The maximum absolute atomic E-state index is 11.4. The van der Waals surface area contributed by atoms with Crippen molar-refractivity contribution in [1.29, 1.82) is 0 Å². The van der Waals surface area contributed by atoms with Crippen molar-refractivity contribution in [3.8, 4) is 0 Å². The Morgan fingerprint density at radius 2 is 1.13 bits per heavy atom. The van der Waals surface area contributed by atoms with Crippen molar-refractivity contribution in [2.24, 2.45) is 0 Å². The number of allylic oxidation sites excluding steroid dienone is 10. The molecular weight excluding hydrogens is 348 g/mol. The van der Waals surface area contributed by atoms with Gasteiger partial charge in [-0.2, -0.15) is 0 Å². The number of ketones is 2. The summed E-state index contributed by atoms with van der Waals surface area (Å²) in [5, 5.41) is 0. The third kappa shape index (κ3) is 5.82. The number of hydrogen-bond donors (Lipinski definition) is 4. The molecule has 4 N–H and O–H groups in total. The average Bonchev–Trinajstić information content (AvgIpc) is 2.51. The Balaban J connectivity index is 0.00000264. The normalized spacial score (nSPS) is 18.8. The van der Waals surface area contributed by atoms with Gasteiger partial charge in [0.1, 0.15) is 0 Å². The molecule has 0 fully saturated rings. The third-order valence-corrected chi connectivity index (χ3v) is 2.66. The van der Waals surface area contributed by atoms with E-state index in [0.29, 0.717) is 11.1 Å². The van der Waals surface area contributed by atoms with E-state index in [1.54, 1.807) is 36.5 Å². The Hall–Kier alpha value is -2.83. The van der Waals surface area contributed by atoms with Crippen molar-refractivity contribution in [2.75, 3.05) is 0 Å². The van der Waals surface area contributed by atoms with Crippen LogP contribution in [0.3, 0.4) is 0 Å². The van der Waals surface area contributed by atoms with Crippen LogP contribution in [0.1, 0.15) is 0 Å². The molecule has 0 aromatic carbocycles. The quantitative estimate of drug-likeness (QED) is 0.331. The maximum atomic E-state index is 11.4. The van der Waals surface area contributed by atoms with E-state index in [9.17, 15) is 14.4 Å². The van der Waals surface area contributed by atoms with Crippen LogP contribution < -0.4 is 21.7 Å². The van der Waals surface area contributed by atoms with Crippen molar-refractivity contribution in [2.45, 2.75) is 0 Å². The van der Waals surface area contributed by atoms with Gasteiger partial charge in [0.15, 0.2) is 11.6 Å². The minimum atomic E-state index is -0.584. The van der Waals surface area contributed by atoms with Gasteiger partial charge in [-0.1, -0.05) is 24.3 Å². The van der Waals surface area contributed by atoms with Crippen LogP contribution in [0.2, 0.25) is 0 Å². The number of hydrazine groups is 2. The summed E-state index contributed by atoms with van der Waals surface area (Å²) < 4.78 is 0. The Morgan fingerprint density at radius 1 is 0.739 bits per heavy atom. The second-order valence-corrected chi connectivity index (χ2v) is 4.23. The molecule has 2 aliphatic carbocycles. The fourth-order valence-electron chi connectivity index (χ4n) is 1.59. The molecule has 0 heterocycles. The van der Waals surface area contributed by atoms with Gasteiger partial charge in [0.2, 0.25) is 0 Å². The zero-order chi connectivity index (χ0) is 15.8. The SMILES string of the molecule is O=C(NN/C=C1/C=CC=CC1=O)NN/C=C1/C=CC=CC1=O.[Cu]. The molecular formula is C15H14CuN4O3. The number of amides is 2. The molecule has 0 unspecified atom stereocenters. The van der Waals surface area contributed by atoms with E-state index < -0.39 is 6.03 Å². The summed E-state index contributed by atoms with van der Waals surface area (Å²) in [5.74, 6) is -0.313. The average molecular weight is 362 g/mol. The number of carbonyl (C=O) groups excluding carboxylic acids is 3. The molecule has 1 radical (unpaired) electrons. The molecule has 0 aliphatic heterocycles. The molecule has 0 aromatic heterocycles. The molecule has 0 atom stereocenters. The predicted octanol–water partition coefficient (Wildman–Crippen LogP) is 0.450. The van der Waals surface area contributed by atoms with Crippen molar-refractivity contribution in [3.63, 3.8) is 0 Å². The van der Waals surface area contributed by atoms with Gasteiger partial charge in [-0.25, -0.2) is 4.79 Å². The smallest absolute Gasteiger partial charge is 0.304 e. The summed E-state index contributed by atoms with van der Waals surface area (Å²) in [6.45, 7) is 0. The molecule has 0 saturated carbocycles. The van der Waals surface area contributed by atoms with Crippen LogP contribution in [-0.4, -0.2) is 17.6 Å². The first-order valence-electron chi connectivity index (χ1n) is 6.42. The Morgan fingerprint density at radius 3 is 1.52 bits per heavy atom. The van der Waals surface area contributed by atoms with Crippen LogP contribution >= 0.6 is 0 Å². The summed E-state index contributed by atoms with van der Waals surface area (Å²) in [4.78, 5) is 34.3. The standard InChI is InChI=1S/C15H14N4O3.Cu/c20-13-7-3-1-5-11(13)9-16-18-15(22)19-17-10-12-6-2-4-8-14(12)21;/h1-10,16-17H,(H2,18,19,22);/b11-9-,12-10-;. The van der Waals surface area contributed by atoms with Gasteiger partial charge in [0.05, 0.1) is 0 Å². The fraction of sp³-hybridized carbons (Fsp3) is 0. The van der Waals surface area contributed by atoms with Crippen LogP contribution in [0.4, 0.5) is 4.79 Å². The molecule has 23 heavy (non-hydrogen) atoms. The van der Waals surface area contributed by atoms with Gasteiger partial charge in [-0.3, -0.25) is 20.4 Å². The zero-order valence-corrected chi connectivity index (χ0v) is 12.7. The number of carbonyl (C=O) groups is 3. The van der Waals surface area contributed by atoms with E-state index in [4.69, 9.17) is 0 Å². The van der Waals surface area contributed by atoms with Gasteiger partial charge in [-0.05, 0) is 24.3 Å². The molecule has 2 amide bonds.